The lowest BCUT2D eigenvalue weighted by molar-refractivity contribution is -0.122. The highest BCUT2D eigenvalue weighted by Gasteiger charge is 2.30. The van der Waals surface area contributed by atoms with Crippen molar-refractivity contribution in [2.24, 2.45) is 5.92 Å². The maximum atomic E-state index is 11.5. The van der Waals surface area contributed by atoms with Crippen molar-refractivity contribution in [2.75, 3.05) is 13.1 Å². The average molecular weight is 317 g/mol. The Labute approximate surface area is 140 Å². The van der Waals surface area contributed by atoms with E-state index in [4.69, 9.17) is 0 Å². The van der Waals surface area contributed by atoms with Gasteiger partial charge in [-0.2, -0.15) is 5.10 Å². The number of rotatable bonds is 4. The molecule has 0 atom stereocenters. The van der Waals surface area contributed by atoms with Crippen molar-refractivity contribution < 1.29 is 4.79 Å². The van der Waals surface area contributed by atoms with Crippen LogP contribution in [0.1, 0.15) is 76.8 Å². The summed E-state index contributed by atoms with van der Waals surface area (Å²) in [5.41, 5.74) is 1.34. The minimum Gasteiger partial charge on any atom is -0.300 e. The molecule has 1 aliphatic carbocycles. The topological polar surface area (TPSA) is 38.1 Å². The molecule has 2 aliphatic rings. The number of carbonyl (C=O) groups excluding carboxylic acids is 1. The van der Waals surface area contributed by atoms with E-state index >= 15 is 0 Å². The van der Waals surface area contributed by atoms with Crippen molar-refractivity contribution in [3.8, 4) is 0 Å². The minimum atomic E-state index is 0.335. The Morgan fingerprint density at radius 1 is 1.09 bits per heavy atom. The van der Waals surface area contributed by atoms with Crippen LogP contribution >= 0.6 is 0 Å². The standard InChI is InChI=1S/C19H31N3O/c1-14(2)17-12-20-22(13-17)19-8-10-21(11-9-19)18-6-4-16(5-7-18)15(3)23/h12-14,16,18-19H,4-11H2,1-3H3. The van der Waals surface area contributed by atoms with Crippen LogP contribution in [-0.2, 0) is 4.79 Å². The zero-order chi connectivity index (χ0) is 16.4. The molecule has 128 valence electrons. The fourth-order valence-corrected chi connectivity index (χ4v) is 4.21. The van der Waals surface area contributed by atoms with Gasteiger partial charge in [0.25, 0.3) is 0 Å². The summed E-state index contributed by atoms with van der Waals surface area (Å²) in [6.07, 6.45) is 11.3. The van der Waals surface area contributed by atoms with Gasteiger partial charge in [-0.15, -0.1) is 0 Å². The van der Waals surface area contributed by atoms with Crippen molar-refractivity contribution in [3.63, 3.8) is 0 Å². The van der Waals surface area contributed by atoms with Crippen molar-refractivity contribution in [2.45, 2.75) is 77.3 Å². The number of aromatic nitrogens is 2. The normalized spacial score (nSPS) is 27.5. The van der Waals surface area contributed by atoms with Gasteiger partial charge in [0, 0.05) is 31.2 Å². The van der Waals surface area contributed by atoms with Crippen LogP contribution in [0.15, 0.2) is 12.4 Å². The summed E-state index contributed by atoms with van der Waals surface area (Å²) in [5, 5.41) is 4.59. The summed E-state index contributed by atoms with van der Waals surface area (Å²) < 4.78 is 2.19. The molecule has 4 nitrogen and oxygen atoms in total. The van der Waals surface area contributed by atoms with E-state index in [1.165, 1.54) is 44.3 Å². The Kier molecular flexibility index (Phi) is 5.20. The van der Waals surface area contributed by atoms with Crippen LogP contribution in [0.4, 0.5) is 0 Å². The van der Waals surface area contributed by atoms with Gasteiger partial charge in [-0.1, -0.05) is 13.8 Å². The number of carbonyl (C=O) groups is 1. The van der Waals surface area contributed by atoms with Gasteiger partial charge in [-0.05, 0) is 56.9 Å². The number of nitrogens with zero attached hydrogens (tertiary/aromatic N) is 3. The molecule has 4 heteroatoms. The Morgan fingerprint density at radius 3 is 2.26 bits per heavy atom. The van der Waals surface area contributed by atoms with E-state index in [-0.39, 0.29) is 0 Å². The highest BCUT2D eigenvalue weighted by Crippen LogP contribution is 2.32. The Hall–Kier alpha value is -1.16. The lowest BCUT2D eigenvalue weighted by Crippen LogP contribution is -2.44. The monoisotopic (exact) mass is 317 g/mol. The minimum absolute atomic E-state index is 0.335. The molecule has 2 heterocycles. The highest BCUT2D eigenvalue weighted by molar-refractivity contribution is 5.78. The van der Waals surface area contributed by atoms with Gasteiger partial charge < -0.3 is 4.90 Å². The number of hydrogen-bond acceptors (Lipinski definition) is 3. The molecule has 0 spiro atoms. The largest absolute Gasteiger partial charge is 0.300 e. The van der Waals surface area contributed by atoms with Gasteiger partial charge in [0.1, 0.15) is 5.78 Å². The van der Waals surface area contributed by atoms with Crippen LogP contribution < -0.4 is 0 Å². The molecule has 1 saturated carbocycles. The maximum Gasteiger partial charge on any atom is 0.132 e. The fraction of sp³-hybridized carbons (Fsp3) is 0.789. The molecule has 0 bridgehead atoms. The molecule has 0 unspecified atom stereocenters. The third-order valence-electron chi connectivity index (χ3n) is 5.95. The quantitative estimate of drug-likeness (QED) is 0.848. The van der Waals surface area contributed by atoms with Gasteiger partial charge in [-0.25, -0.2) is 0 Å². The van der Waals surface area contributed by atoms with E-state index in [1.54, 1.807) is 6.92 Å². The number of ketones is 1. The van der Waals surface area contributed by atoms with Gasteiger partial charge in [0.15, 0.2) is 0 Å². The van der Waals surface area contributed by atoms with E-state index in [9.17, 15) is 4.79 Å². The third-order valence-corrected chi connectivity index (χ3v) is 5.95. The molecular weight excluding hydrogens is 286 g/mol. The lowest BCUT2D eigenvalue weighted by Gasteiger charge is -2.40. The van der Waals surface area contributed by atoms with Crippen molar-refractivity contribution in [1.29, 1.82) is 0 Å². The van der Waals surface area contributed by atoms with Gasteiger partial charge >= 0.3 is 0 Å². The summed E-state index contributed by atoms with van der Waals surface area (Å²) in [6, 6.07) is 1.27. The first-order valence-electron chi connectivity index (χ1n) is 9.33. The Bertz CT molecular complexity index is 520. The van der Waals surface area contributed by atoms with E-state index < -0.39 is 0 Å². The number of Topliss-reactive ketones (excluding diaryl/α,β-unsaturated/α-hetero) is 1. The van der Waals surface area contributed by atoms with Gasteiger partial charge in [-0.3, -0.25) is 9.48 Å². The summed E-state index contributed by atoms with van der Waals surface area (Å²) in [5.74, 6) is 1.28. The maximum absolute atomic E-state index is 11.5. The lowest BCUT2D eigenvalue weighted by atomic mass is 9.82. The van der Waals surface area contributed by atoms with Crippen LogP contribution in [0.25, 0.3) is 0 Å². The summed E-state index contributed by atoms with van der Waals surface area (Å²) >= 11 is 0. The molecule has 0 amide bonds. The zero-order valence-corrected chi connectivity index (χ0v) is 14.9. The van der Waals surface area contributed by atoms with Crippen LogP contribution in [0.5, 0.6) is 0 Å². The van der Waals surface area contributed by atoms with Crippen LogP contribution in [0, 0.1) is 5.92 Å². The average Bonchev–Trinajstić information content (AvgIpc) is 3.05. The third kappa shape index (κ3) is 3.85. The smallest absolute Gasteiger partial charge is 0.132 e. The predicted octanol–water partition coefficient (Wildman–Crippen LogP) is 3.79. The second-order valence-corrected chi connectivity index (χ2v) is 7.79. The van der Waals surface area contributed by atoms with Crippen LogP contribution in [0.2, 0.25) is 0 Å². The molecular formula is C19H31N3O. The predicted molar refractivity (Wildman–Crippen MR) is 92.6 cm³/mol. The number of hydrogen-bond donors (Lipinski definition) is 0. The molecule has 2 fully saturated rings. The van der Waals surface area contributed by atoms with Crippen LogP contribution in [0.3, 0.4) is 0 Å². The zero-order valence-electron chi connectivity index (χ0n) is 14.9. The molecule has 23 heavy (non-hydrogen) atoms. The number of likely N-dealkylation sites (tertiary alicyclic amines) is 1. The van der Waals surface area contributed by atoms with E-state index in [0.29, 0.717) is 29.7 Å². The fourth-order valence-electron chi connectivity index (χ4n) is 4.21. The van der Waals surface area contributed by atoms with Gasteiger partial charge in [0.2, 0.25) is 0 Å². The van der Waals surface area contributed by atoms with E-state index in [2.05, 4.69) is 34.7 Å². The van der Waals surface area contributed by atoms with E-state index in [1.807, 2.05) is 6.20 Å². The van der Waals surface area contributed by atoms with E-state index in [0.717, 1.165) is 12.8 Å². The Morgan fingerprint density at radius 2 is 1.74 bits per heavy atom. The molecule has 0 aromatic carbocycles. The van der Waals surface area contributed by atoms with Crippen molar-refractivity contribution in [1.82, 2.24) is 14.7 Å². The summed E-state index contributed by atoms with van der Waals surface area (Å²) in [7, 11) is 0. The molecule has 1 aliphatic heterocycles. The SMILES string of the molecule is CC(=O)C1CCC(N2CCC(n3cc(C(C)C)cn3)CC2)CC1. The molecule has 3 rings (SSSR count). The number of piperidine rings is 1. The van der Waals surface area contributed by atoms with Gasteiger partial charge in [0.05, 0.1) is 12.2 Å². The molecule has 1 aromatic heterocycles. The molecule has 0 radical (unpaired) electrons. The second kappa shape index (κ2) is 7.16. The first-order chi connectivity index (χ1) is 11.0. The highest BCUT2D eigenvalue weighted by atomic mass is 16.1. The summed E-state index contributed by atoms with van der Waals surface area (Å²) in [4.78, 5) is 14.2. The van der Waals surface area contributed by atoms with Crippen molar-refractivity contribution in [3.05, 3.63) is 18.0 Å². The first-order valence-corrected chi connectivity index (χ1v) is 9.33. The van der Waals surface area contributed by atoms with Crippen molar-refractivity contribution >= 4 is 5.78 Å². The Balaban J connectivity index is 1.49. The second-order valence-electron chi connectivity index (χ2n) is 7.79. The first kappa shape index (κ1) is 16.7. The molecule has 1 saturated heterocycles. The van der Waals surface area contributed by atoms with Crippen LogP contribution in [-0.4, -0.2) is 39.6 Å². The molecule has 1 aromatic rings. The molecule has 0 N–H and O–H groups in total. The summed E-state index contributed by atoms with van der Waals surface area (Å²) in [6.45, 7) is 8.56.